The molecule has 0 fully saturated rings. The Balaban J connectivity index is 0.000000490. The van der Waals surface area contributed by atoms with Crippen molar-refractivity contribution in [2.75, 3.05) is 0 Å². The standard InChI is InChI=1S/C7H9.Ru/c1-6-3-4-7(2)5-6;/h3H,4H2,1-2H3;/q-1;+1. The Morgan fingerprint density at radius 1 is 1.50 bits per heavy atom. The molecule has 0 saturated heterocycles. The Kier molecular flexibility index (Phi) is 3.23. The third kappa shape index (κ3) is 1.92. The fourth-order valence-electron chi connectivity index (χ4n) is 0.745. The second kappa shape index (κ2) is 3.19. The molecule has 8 heavy (non-hydrogen) atoms. The van der Waals surface area contributed by atoms with E-state index in [1.54, 1.807) is 0 Å². The van der Waals surface area contributed by atoms with E-state index in [-0.39, 0.29) is 19.5 Å². The second-order valence-corrected chi connectivity index (χ2v) is 2.00. The molecule has 0 aromatic carbocycles. The summed E-state index contributed by atoms with van der Waals surface area (Å²) >= 11 is 0. The maximum Gasteiger partial charge on any atom is 1.00 e. The molecule has 0 bridgehead atoms. The van der Waals surface area contributed by atoms with Crippen molar-refractivity contribution in [1.82, 2.24) is 0 Å². The van der Waals surface area contributed by atoms with Gasteiger partial charge in [0.25, 0.3) is 0 Å². The van der Waals surface area contributed by atoms with Crippen molar-refractivity contribution < 1.29 is 19.5 Å². The van der Waals surface area contributed by atoms with Gasteiger partial charge in [0.15, 0.2) is 0 Å². The first kappa shape index (κ1) is 8.10. The SMILES string of the molecule is CC1=[C-]C(C)=CC1.[Ru+]. The fourth-order valence-corrected chi connectivity index (χ4v) is 0.745. The van der Waals surface area contributed by atoms with Crippen molar-refractivity contribution >= 4 is 0 Å². The Hall–Kier alpha value is 0.103. The summed E-state index contributed by atoms with van der Waals surface area (Å²) < 4.78 is 0. The average Bonchev–Trinajstić information content (AvgIpc) is 1.87. The van der Waals surface area contributed by atoms with Gasteiger partial charge in [-0.1, -0.05) is 20.3 Å². The van der Waals surface area contributed by atoms with Crippen LogP contribution in [-0.2, 0) is 19.5 Å². The van der Waals surface area contributed by atoms with Crippen molar-refractivity contribution in [1.29, 1.82) is 0 Å². The zero-order valence-electron chi connectivity index (χ0n) is 5.14. The molecule has 0 unspecified atom stereocenters. The van der Waals surface area contributed by atoms with Crippen LogP contribution < -0.4 is 0 Å². The van der Waals surface area contributed by atoms with Gasteiger partial charge in [0.2, 0.25) is 0 Å². The van der Waals surface area contributed by atoms with Gasteiger partial charge >= 0.3 is 19.5 Å². The van der Waals surface area contributed by atoms with Crippen molar-refractivity contribution in [3.63, 3.8) is 0 Å². The summed E-state index contributed by atoms with van der Waals surface area (Å²) in [5.41, 5.74) is 2.65. The van der Waals surface area contributed by atoms with E-state index in [1.165, 1.54) is 11.1 Å². The molecule has 0 atom stereocenters. The summed E-state index contributed by atoms with van der Waals surface area (Å²) in [4.78, 5) is 0. The third-order valence-electron chi connectivity index (χ3n) is 1.12. The topological polar surface area (TPSA) is 0 Å². The van der Waals surface area contributed by atoms with Crippen molar-refractivity contribution in [2.45, 2.75) is 20.3 Å². The first-order valence-corrected chi connectivity index (χ1v) is 2.55. The predicted octanol–water partition coefficient (Wildman–Crippen LogP) is 2.08. The summed E-state index contributed by atoms with van der Waals surface area (Å²) in [5, 5.41) is 0. The number of allylic oxidation sites excluding steroid dienone is 4. The van der Waals surface area contributed by atoms with Crippen LogP contribution in [0.1, 0.15) is 20.3 Å². The molecule has 1 aliphatic rings. The smallest absolute Gasteiger partial charge is 0.250 e. The molecular weight excluding hydrogens is 185 g/mol. The van der Waals surface area contributed by atoms with Crippen LogP contribution in [0.25, 0.3) is 0 Å². The third-order valence-corrected chi connectivity index (χ3v) is 1.12. The van der Waals surface area contributed by atoms with Gasteiger partial charge in [0.05, 0.1) is 0 Å². The summed E-state index contributed by atoms with van der Waals surface area (Å²) in [6, 6.07) is 0. The molecule has 0 N–H and O–H groups in total. The normalized spacial score (nSPS) is 16.8. The largest absolute Gasteiger partial charge is 1.00 e. The van der Waals surface area contributed by atoms with Gasteiger partial charge in [-0.3, -0.25) is 6.08 Å². The molecule has 1 rings (SSSR count). The molecule has 45 valence electrons. The molecule has 1 aliphatic carbocycles. The van der Waals surface area contributed by atoms with Crippen LogP contribution in [0.4, 0.5) is 0 Å². The maximum atomic E-state index is 3.19. The van der Waals surface area contributed by atoms with Gasteiger partial charge in [-0.05, 0) is 0 Å². The zero-order valence-corrected chi connectivity index (χ0v) is 6.88. The van der Waals surface area contributed by atoms with Crippen molar-refractivity contribution in [2.24, 2.45) is 0 Å². The van der Waals surface area contributed by atoms with Crippen molar-refractivity contribution in [3.05, 3.63) is 23.3 Å². The van der Waals surface area contributed by atoms with Crippen LogP contribution >= 0.6 is 0 Å². The van der Waals surface area contributed by atoms with Crippen LogP contribution in [0.3, 0.4) is 0 Å². The van der Waals surface area contributed by atoms with E-state index in [9.17, 15) is 0 Å². The molecule has 0 nitrogen and oxygen atoms in total. The quantitative estimate of drug-likeness (QED) is 0.409. The van der Waals surface area contributed by atoms with E-state index in [0.717, 1.165) is 6.42 Å². The molecule has 0 spiro atoms. The van der Waals surface area contributed by atoms with Gasteiger partial charge in [-0.2, -0.15) is 5.57 Å². The molecule has 0 aromatic rings. The predicted molar refractivity (Wildman–Crippen MR) is 30.8 cm³/mol. The molecule has 1 radical (unpaired) electrons. The van der Waals surface area contributed by atoms with Crippen LogP contribution in [-0.4, -0.2) is 0 Å². The Morgan fingerprint density at radius 3 is 2.25 bits per heavy atom. The summed E-state index contributed by atoms with van der Waals surface area (Å²) in [7, 11) is 0. The fraction of sp³-hybridized carbons (Fsp3) is 0.429. The van der Waals surface area contributed by atoms with Crippen LogP contribution in [0.5, 0.6) is 0 Å². The Bertz CT molecular complexity index is 131. The Labute approximate surface area is 63.4 Å². The molecule has 0 saturated carbocycles. The first-order valence-electron chi connectivity index (χ1n) is 2.55. The maximum absolute atomic E-state index is 3.19. The molecular formula is C7H9Ru. The van der Waals surface area contributed by atoms with Crippen molar-refractivity contribution in [3.8, 4) is 0 Å². The van der Waals surface area contributed by atoms with E-state index < -0.39 is 0 Å². The number of hydrogen-bond donors (Lipinski definition) is 0. The Morgan fingerprint density at radius 2 is 2.12 bits per heavy atom. The first-order chi connectivity index (χ1) is 3.29. The minimum Gasteiger partial charge on any atom is -0.250 e. The summed E-state index contributed by atoms with van der Waals surface area (Å²) in [6.07, 6.45) is 6.50. The monoisotopic (exact) mass is 195 g/mol. The van der Waals surface area contributed by atoms with E-state index >= 15 is 0 Å². The van der Waals surface area contributed by atoms with Crippen LogP contribution in [0.2, 0.25) is 0 Å². The molecule has 0 aliphatic heterocycles. The van der Waals surface area contributed by atoms with Gasteiger partial charge in [0.1, 0.15) is 0 Å². The molecule has 0 amide bonds. The van der Waals surface area contributed by atoms with E-state index in [4.69, 9.17) is 0 Å². The minimum atomic E-state index is 0. The average molecular weight is 194 g/mol. The minimum absolute atomic E-state index is 0. The second-order valence-electron chi connectivity index (χ2n) is 2.00. The van der Waals surface area contributed by atoms with E-state index in [2.05, 4.69) is 26.0 Å². The molecule has 0 heterocycles. The van der Waals surface area contributed by atoms with Gasteiger partial charge < -0.3 is 0 Å². The van der Waals surface area contributed by atoms with Gasteiger partial charge in [-0.25, -0.2) is 11.6 Å². The molecule has 1 heteroatoms. The summed E-state index contributed by atoms with van der Waals surface area (Å²) in [6.45, 7) is 4.18. The van der Waals surface area contributed by atoms with Crippen LogP contribution in [0.15, 0.2) is 17.2 Å². The van der Waals surface area contributed by atoms with Crippen LogP contribution in [0, 0.1) is 6.08 Å². The van der Waals surface area contributed by atoms with Gasteiger partial charge in [-0.15, -0.1) is 0 Å². The summed E-state index contributed by atoms with van der Waals surface area (Å²) in [5.74, 6) is 0. The van der Waals surface area contributed by atoms with Gasteiger partial charge in [0, 0.05) is 0 Å². The molecule has 0 aromatic heterocycles. The number of hydrogen-bond acceptors (Lipinski definition) is 0. The van der Waals surface area contributed by atoms with E-state index in [0.29, 0.717) is 0 Å². The van der Waals surface area contributed by atoms with E-state index in [1.807, 2.05) is 0 Å². The zero-order chi connectivity index (χ0) is 5.28. The number of rotatable bonds is 0.